The van der Waals surface area contributed by atoms with E-state index in [0.717, 1.165) is 24.2 Å². The maximum atomic E-state index is 9.87. The van der Waals surface area contributed by atoms with Gasteiger partial charge >= 0.3 is 0 Å². The fourth-order valence-corrected chi connectivity index (χ4v) is 2.18. The largest absolute Gasteiger partial charge is 0.493 e. The van der Waals surface area contributed by atoms with Crippen molar-refractivity contribution in [2.75, 3.05) is 0 Å². The van der Waals surface area contributed by atoms with Gasteiger partial charge in [0, 0.05) is 0 Å². The molecule has 0 unspecified atom stereocenters. The van der Waals surface area contributed by atoms with Gasteiger partial charge in [0.15, 0.2) is 5.65 Å². The zero-order chi connectivity index (χ0) is 12.6. The molecule has 0 saturated carbocycles. The number of hydrogen-bond donors (Lipinski definition) is 1. The molecule has 0 saturated heterocycles. The number of fused-ring (bicyclic) bond motifs is 1. The molecule has 0 aliphatic rings. The average Bonchev–Trinajstić information content (AvgIpc) is 2.58. The van der Waals surface area contributed by atoms with E-state index in [9.17, 15) is 5.11 Å². The quantitative estimate of drug-likeness (QED) is 0.886. The summed E-state index contributed by atoms with van der Waals surface area (Å²) in [5.74, 6) is 0.601. The van der Waals surface area contributed by atoms with Crippen molar-refractivity contribution in [2.24, 2.45) is 0 Å². The maximum Gasteiger partial charge on any atom is 0.225 e. The van der Waals surface area contributed by atoms with Crippen LogP contribution >= 0.6 is 0 Å². The molecule has 5 heteroatoms. The van der Waals surface area contributed by atoms with Gasteiger partial charge in [-0.1, -0.05) is 13.8 Å². The van der Waals surface area contributed by atoms with Crippen molar-refractivity contribution in [3.8, 4) is 5.88 Å². The minimum atomic E-state index is 0.0298. The minimum absolute atomic E-state index is 0.0298. The first-order chi connectivity index (χ1) is 8.08. The third-order valence-electron chi connectivity index (χ3n) is 3.11. The highest BCUT2D eigenvalue weighted by molar-refractivity contribution is 5.83. The van der Waals surface area contributed by atoms with E-state index < -0.39 is 0 Å². The van der Waals surface area contributed by atoms with Crippen molar-refractivity contribution >= 4 is 11.0 Å². The highest BCUT2D eigenvalue weighted by Crippen LogP contribution is 2.28. The Labute approximate surface area is 101 Å². The van der Waals surface area contributed by atoms with Gasteiger partial charge < -0.3 is 5.11 Å². The Balaban J connectivity index is 2.73. The number of aryl methyl sites for hydroxylation is 2. The van der Waals surface area contributed by atoms with Crippen molar-refractivity contribution in [3.63, 3.8) is 0 Å². The van der Waals surface area contributed by atoms with E-state index in [1.807, 2.05) is 11.6 Å². The number of aromatic nitrogens is 4. The predicted octanol–water partition coefficient (Wildman–Crippen LogP) is 2.51. The second-order valence-electron chi connectivity index (χ2n) is 4.29. The van der Waals surface area contributed by atoms with Crippen LogP contribution in [0.3, 0.4) is 0 Å². The smallest absolute Gasteiger partial charge is 0.225 e. The normalized spacial score (nSPS) is 11.6. The number of hydrogen-bond acceptors (Lipinski definition) is 4. The van der Waals surface area contributed by atoms with E-state index >= 15 is 0 Å². The van der Waals surface area contributed by atoms with E-state index in [1.54, 1.807) is 6.92 Å². The highest BCUT2D eigenvalue weighted by Gasteiger charge is 2.18. The zero-order valence-corrected chi connectivity index (χ0v) is 10.7. The minimum Gasteiger partial charge on any atom is -0.493 e. The Kier molecular flexibility index (Phi) is 3.00. The highest BCUT2D eigenvalue weighted by atomic mass is 16.3. The summed E-state index contributed by atoms with van der Waals surface area (Å²) >= 11 is 0. The van der Waals surface area contributed by atoms with Gasteiger partial charge in [0.1, 0.15) is 11.2 Å². The summed E-state index contributed by atoms with van der Waals surface area (Å²) in [5.41, 5.74) is 1.52. The van der Waals surface area contributed by atoms with Gasteiger partial charge in [-0.3, -0.25) is 0 Å². The molecule has 0 radical (unpaired) electrons. The molecule has 0 aliphatic heterocycles. The first-order valence-electron chi connectivity index (χ1n) is 6.00. The van der Waals surface area contributed by atoms with Crippen LogP contribution in [0.15, 0.2) is 0 Å². The van der Waals surface area contributed by atoms with E-state index in [2.05, 4.69) is 28.9 Å². The topological polar surface area (TPSA) is 63.8 Å². The van der Waals surface area contributed by atoms with Crippen molar-refractivity contribution in [1.29, 1.82) is 0 Å². The van der Waals surface area contributed by atoms with Gasteiger partial charge in [0.2, 0.25) is 5.88 Å². The van der Waals surface area contributed by atoms with Gasteiger partial charge in [-0.2, -0.15) is 10.1 Å². The number of rotatable bonds is 3. The van der Waals surface area contributed by atoms with Crippen LogP contribution in [0.25, 0.3) is 11.0 Å². The van der Waals surface area contributed by atoms with Crippen LogP contribution in [0.4, 0.5) is 0 Å². The number of nitrogens with zero attached hydrogens (tertiary/aromatic N) is 4. The zero-order valence-electron chi connectivity index (χ0n) is 10.7. The lowest BCUT2D eigenvalue weighted by molar-refractivity contribution is 0.435. The third-order valence-corrected chi connectivity index (χ3v) is 3.11. The molecule has 0 aromatic carbocycles. The summed E-state index contributed by atoms with van der Waals surface area (Å²) in [6.07, 6.45) is 1.99. The molecule has 2 heterocycles. The monoisotopic (exact) mass is 234 g/mol. The number of aromatic hydroxyl groups is 1. The van der Waals surface area contributed by atoms with Gasteiger partial charge in [-0.05, 0) is 26.7 Å². The average molecular weight is 234 g/mol. The van der Waals surface area contributed by atoms with Crippen LogP contribution in [0.2, 0.25) is 0 Å². The molecule has 17 heavy (non-hydrogen) atoms. The van der Waals surface area contributed by atoms with E-state index in [1.165, 1.54) is 0 Å². The molecule has 0 fully saturated rings. The Bertz CT molecular complexity index is 543. The first kappa shape index (κ1) is 11.8. The van der Waals surface area contributed by atoms with Crippen LogP contribution in [0.1, 0.15) is 44.2 Å². The molecular weight excluding hydrogens is 216 g/mol. The standard InChI is InChI=1S/C12H18N4O/c1-5-9(6-2)16-11-10(7(3)15-16)12(17)14-8(4)13-11/h9H,5-6H2,1-4H3,(H,13,14,17). The Morgan fingerprint density at radius 2 is 1.82 bits per heavy atom. The van der Waals surface area contributed by atoms with E-state index in [-0.39, 0.29) is 5.88 Å². The van der Waals surface area contributed by atoms with Crippen molar-refractivity contribution in [1.82, 2.24) is 19.7 Å². The van der Waals surface area contributed by atoms with E-state index in [0.29, 0.717) is 17.3 Å². The summed E-state index contributed by atoms with van der Waals surface area (Å²) in [4.78, 5) is 8.38. The summed E-state index contributed by atoms with van der Waals surface area (Å²) in [7, 11) is 0. The van der Waals surface area contributed by atoms with Gasteiger partial charge in [0.25, 0.3) is 0 Å². The van der Waals surface area contributed by atoms with Gasteiger partial charge in [-0.15, -0.1) is 0 Å². The molecular formula is C12H18N4O. The fourth-order valence-electron chi connectivity index (χ4n) is 2.18. The van der Waals surface area contributed by atoms with Crippen LogP contribution in [0.5, 0.6) is 5.88 Å². The van der Waals surface area contributed by atoms with Crippen LogP contribution in [-0.2, 0) is 0 Å². The summed E-state index contributed by atoms with van der Waals surface area (Å²) in [6.45, 7) is 7.91. The summed E-state index contributed by atoms with van der Waals surface area (Å²) in [6, 6.07) is 0.319. The lowest BCUT2D eigenvalue weighted by Crippen LogP contribution is -2.09. The van der Waals surface area contributed by atoms with E-state index in [4.69, 9.17) is 0 Å². The van der Waals surface area contributed by atoms with Gasteiger partial charge in [-0.25, -0.2) is 9.67 Å². The molecule has 0 amide bonds. The molecule has 5 nitrogen and oxygen atoms in total. The van der Waals surface area contributed by atoms with Crippen LogP contribution in [-0.4, -0.2) is 24.9 Å². The van der Waals surface area contributed by atoms with Crippen LogP contribution in [0, 0.1) is 13.8 Å². The first-order valence-corrected chi connectivity index (χ1v) is 6.00. The SMILES string of the molecule is CCC(CC)n1nc(C)c2c(O)nc(C)nc21. The molecule has 2 aromatic heterocycles. The van der Waals surface area contributed by atoms with Crippen molar-refractivity contribution in [2.45, 2.75) is 46.6 Å². The van der Waals surface area contributed by atoms with Crippen LogP contribution < -0.4 is 0 Å². The Hall–Kier alpha value is -1.65. The Morgan fingerprint density at radius 3 is 2.41 bits per heavy atom. The molecule has 2 rings (SSSR count). The van der Waals surface area contributed by atoms with Crippen molar-refractivity contribution < 1.29 is 5.11 Å². The predicted molar refractivity (Wildman–Crippen MR) is 66.1 cm³/mol. The molecule has 92 valence electrons. The Morgan fingerprint density at radius 1 is 1.18 bits per heavy atom. The molecule has 2 aromatic rings. The fraction of sp³-hybridized carbons (Fsp3) is 0.583. The molecule has 0 aliphatic carbocycles. The maximum absolute atomic E-state index is 9.87. The molecule has 0 bridgehead atoms. The summed E-state index contributed by atoms with van der Waals surface area (Å²) in [5, 5.41) is 15.0. The molecule has 0 spiro atoms. The lowest BCUT2D eigenvalue weighted by Gasteiger charge is -2.13. The second kappa shape index (κ2) is 4.31. The molecule has 1 N–H and O–H groups in total. The van der Waals surface area contributed by atoms with Gasteiger partial charge in [0.05, 0.1) is 11.7 Å². The second-order valence-corrected chi connectivity index (χ2v) is 4.29. The molecule has 0 atom stereocenters. The van der Waals surface area contributed by atoms with Crippen molar-refractivity contribution in [3.05, 3.63) is 11.5 Å². The third kappa shape index (κ3) is 1.85. The summed E-state index contributed by atoms with van der Waals surface area (Å²) < 4.78 is 1.92. The lowest BCUT2D eigenvalue weighted by atomic mass is 10.2.